The molecule has 3 nitrogen and oxygen atoms in total. The van der Waals surface area contributed by atoms with Gasteiger partial charge in [-0.05, 0) is 42.2 Å². The van der Waals surface area contributed by atoms with Crippen molar-refractivity contribution in [3.63, 3.8) is 0 Å². The van der Waals surface area contributed by atoms with Gasteiger partial charge in [0.05, 0.1) is 19.3 Å². The largest absolute Gasteiger partial charge is 0.350 e. The van der Waals surface area contributed by atoms with Crippen molar-refractivity contribution in [2.24, 2.45) is 0 Å². The fraction of sp³-hybridized carbons (Fsp3) is 0.368. The van der Waals surface area contributed by atoms with Crippen LogP contribution in [0.25, 0.3) is 0 Å². The van der Waals surface area contributed by atoms with Crippen LogP contribution in [0.1, 0.15) is 22.7 Å². The van der Waals surface area contributed by atoms with E-state index in [2.05, 4.69) is 58.5 Å². The van der Waals surface area contributed by atoms with Gasteiger partial charge in [-0.25, -0.2) is 0 Å². The molecule has 122 valence electrons. The fourth-order valence-electron chi connectivity index (χ4n) is 2.91. The zero-order valence-electron chi connectivity index (χ0n) is 13.3. The molecule has 1 aliphatic rings. The summed E-state index contributed by atoms with van der Waals surface area (Å²) in [6.45, 7) is 4.29. The number of benzene rings is 2. The van der Waals surface area contributed by atoms with Crippen molar-refractivity contribution in [3.8, 4) is 0 Å². The van der Waals surface area contributed by atoms with E-state index in [0.29, 0.717) is 13.2 Å². The van der Waals surface area contributed by atoms with E-state index in [1.54, 1.807) is 0 Å². The van der Waals surface area contributed by atoms with E-state index in [9.17, 15) is 0 Å². The highest BCUT2D eigenvalue weighted by Gasteiger charge is 2.27. The second-order valence-corrected chi connectivity index (χ2v) is 6.75. The van der Waals surface area contributed by atoms with E-state index in [0.717, 1.165) is 17.4 Å². The third-order valence-electron chi connectivity index (χ3n) is 3.95. The van der Waals surface area contributed by atoms with Crippen LogP contribution in [0.3, 0.4) is 0 Å². The first-order valence-electron chi connectivity index (χ1n) is 8.00. The third-order valence-corrected chi connectivity index (χ3v) is 4.41. The first kappa shape index (κ1) is 16.7. The second kappa shape index (κ2) is 8.06. The molecule has 1 heterocycles. The lowest BCUT2D eigenvalue weighted by Crippen LogP contribution is -2.43. The summed E-state index contributed by atoms with van der Waals surface area (Å²) in [5.74, 6) is 0. The van der Waals surface area contributed by atoms with Crippen LogP contribution in [-0.4, -0.2) is 26.0 Å². The molecule has 1 saturated heterocycles. The molecule has 0 unspecified atom stereocenters. The molecule has 2 aromatic rings. The highest BCUT2D eigenvalue weighted by atomic mass is 79.9. The van der Waals surface area contributed by atoms with Crippen molar-refractivity contribution in [2.75, 3.05) is 19.8 Å². The maximum Gasteiger partial charge on any atom is 0.176 e. The molecule has 0 bridgehead atoms. The Kier molecular flexibility index (Phi) is 5.84. The number of halogens is 1. The molecule has 1 N–H and O–H groups in total. The van der Waals surface area contributed by atoms with Gasteiger partial charge in [0.25, 0.3) is 0 Å². The number of aryl methyl sites for hydroxylation is 1. The van der Waals surface area contributed by atoms with Gasteiger partial charge in [0.2, 0.25) is 0 Å². The maximum absolute atomic E-state index is 6.03. The maximum atomic E-state index is 6.03. The van der Waals surface area contributed by atoms with E-state index in [1.807, 2.05) is 18.2 Å². The summed E-state index contributed by atoms with van der Waals surface area (Å²) in [6, 6.07) is 16.9. The van der Waals surface area contributed by atoms with Gasteiger partial charge < -0.3 is 14.8 Å². The highest BCUT2D eigenvalue weighted by Crippen LogP contribution is 2.23. The van der Waals surface area contributed by atoms with Gasteiger partial charge in [-0.1, -0.05) is 52.3 Å². The summed E-state index contributed by atoms with van der Waals surface area (Å²) in [6.07, 6.45) is 0.640. The van der Waals surface area contributed by atoms with Crippen LogP contribution < -0.4 is 5.32 Å². The molecule has 0 aliphatic carbocycles. The Hall–Kier alpha value is -1.20. The Morgan fingerprint density at radius 1 is 1.22 bits per heavy atom. The molecular formula is C19H22BrNO2. The number of rotatable bonds is 5. The third kappa shape index (κ3) is 4.64. The lowest BCUT2D eigenvalue weighted by Gasteiger charge is -2.33. The number of morpholine rings is 1. The van der Waals surface area contributed by atoms with Crippen LogP contribution in [0.15, 0.2) is 53.0 Å². The SMILES string of the molecule is Cc1cc(Br)cc(CCO[C@@H]2OCCN[C@H]2c2ccccc2)c1. The molecule has 23 heavy (non-hydrogen) atoms. The predicted molar refractivity (Wildman–Crippen MR) is 95.5 cm³/mol. The van der Waals surface area contributed by atoms with E-state index in [1.165, 1.54) is 16.7 Å². The van der Waals surface area contributed by atoms with Crippen LogP contribution in [0.5, 0.6) is 0 Å². The summed E-state index contributed by atoms with van der Waals surface area (Å²) < 4.78 is 13.0. The summed E-state index contributed by atoms with van der Waals surface area (Å²) in [5, 5.41) is 3.49. The molecule has 0 radical (unpaired) electrons. The van der Waals surface area contributed by atoms with Crippen LogP contribution in [-0.2, 0) is 15.9 Å². The topological polar surface area (TPSA) is 30.5 Å². The van der Waals surface area contributed by atoms with Gasteiger partial charge in [0, 0.05) is 11.0 Å². The second-order valence-electron chi connectivity index (χ2n) is 5.84. The Morgan fingerprint density at radius 3 is 2.83 bits per heavy atom. The van der Waals surface area contributed by atoms with Gasteiger partial charge in [0.1, 0.15) is 0 Å². The standard InChI is InChI=1S/C19H22BrNO2/c1-14-11-15(13-17(20)12-14)7-9-22-19-18(21-8-10-23-19)16-5-3-2-4-6-16/h2-6,11-13,18-19,21H,7-10H2,1H3/t18-,19+/m0/s1. The van der Waals surface area contributed by atoms with E-state index in [-0.39, 0.29) is 12.3 Å². The van der Waals surface area contributed by atoms with Gasteiger partial charge in [-0.15, -0.1) is 0 Å². The predicted octanol–water partition coefficient (Wildman–Crippen LogP) is 4.00. The summed E-state index contributed by atoms with van der Waals surface area (Å²) in [7, 11) is 0. The quantitative estimate of drug-likeness (QED) is 0.856. The van der Waals surface area contributed by atoms with Gasteiger partial charge in [0.15, 0.2) is 6.29 Å². The molecule has 3 rings (SSSR count). The van der Waals surface area contributed by atoms with Gasteiger partial charge in [-0.2, -0.15) is 0 Å². The highest BCUT2D eigenvalue weighted by molar-refractivity contribution is 9.10. The average Bonchev–Trinajstić information content (AvgIpc) is 2.55. The average molecular weight is 376 g/mol. The summed E-state index contributed by atoms with van der Waals surface area (Å²) >= 11 is 3.55. The van der Waals surface area contributed by atoms with Crippen molar-refractivity contribution in [1.82, 2.24) is 5.32 Å². The van der Waals surface area contributed by atoms with Crippen molar-refractivity contribution >= 4 is 15.9 Å². The van der Waals surface area contributed by atoms with Crippen LogP contribution in [0.2, 0.25) is 0 Å². The molecule has 1 aliphatic heterocycles. The smallest absolute Gasteiger partial charge is 0.176 e. The Bertz CT molecular complexity index is 612. The van der Waals surface area contributed by atoms with E-state index >= 15 is 0 Å². The number of nitrogens with one attached hydrogen (secondary N) is 1. The zero-order valence-corrected chi connectivity index (χ0v) is 14.9. The van der Waals surface area contributed by atoms with Gasteiger partial charge >= 0.3 is 0 Å². The lowest BCUT2D eigenvalue weighted by molar-refractivity contribution is -0.176. The van der Waals surface area contributed by atoms with E-state index < -0.39 is 0 Å². The fourth-order valence-corrected chi connectivity index (χ4v) is 3.57. The molecule has 0 aromatic heterocycles. The van der Waals surface area contributed by atoms with Crippen molar-refractivity contribution in [2.45, 2.75) is 25.7 Å². The number of hydrogen-bond donors (Lipinski definition) is 1. The molecule has 4 heteroatoms. The molecule has 0 spiro atoms. The van der Waals surface area contributed by atoms with Crippen LogP contribution in [0.4, 0.5) is 0 Å². The molecule has 2 atom stereocenters. The zero-order chi connectivity index (χ0) is 16.1. The lowest BCUT2D eigenvalue weighted by atomic mass is 10.1. The number of ether oxygens (including phenoxy) is 2. The first-order valence-corrected chi connectivity index (χ1v) is 8.79. The Balaban J connectivity index is 1.59. The molecule has 0 saturated carbocycles. The Morgan fingerprint density at radius 2 is 2.04 bits per heavy atom. The Labute approximate surface area is 146 Å². The summed E-state index contributed by atoms with van der Waals surface area (Å²) in [4.78, 5) is 0. The minimum Gasteiger partial charge on any atom is -0.350 e. The molecular weight excluding hydrogens is 354 g/mol. The van der Waals surface area contributed by atoms with Gasteiger partial charge in [-0.3, -0.25) is 0 Å². The molecule has 1 fully saturated rings. The van der Waals surface area contributed by atoms with Crippen molar-refractivity contribution < 1.29 is 9.47 Å². The van der Waals surface area contributed by atoms with Crippen molar-refractivity contribution in [1.29, 1.82) is 0 Å². The first-order chi connectivity index (χ1) is 11.2. The normalized spacial score (nSPS) is 21.3. The minimum atomic E-state index is -0.237. The number of hydrogen-bond acceptors (Lipinski definition) is 3. The van der Waals surface area contributed by atoms with Crippen LogP contribution >= 0.6 is 15.9 Å². The monoisotopic (exact) mass is 375 g/mol. The van der Waals surface area contributed by atoms with E-state index in [4.69, 9.17) is 9.47 Å². The van der Waals surface area contributed by atoms with Crippen molar-refractivity contribution in [3.05, 3.63) is 69.7 Å². The minimum absolute atomic E-state index is 0.0918. The summed E-state index contributed by atoms with van der Waals surface area (Å²) in [5.41, 5.74) is 3.74. The van der Waals surface area contributed by atoms with Crippen LogP contribution in [0, 0.1) is 6.92 Å². The molecule has 0 amide bonds. The molecule has 2 aromatic carbocycles.